The predicted molar refractivity (Wildman–Crippen MR) is 80.1 cm³/mol. The van der Waals surface area contributed by atoms with Gasteiger partial charge in [0.2, 0.25) is 5.91 Å². The first-order valence-corrected chi connectivity index (χ1v) is 7.58. The van der Waals surface area contributed by atoms with Crippen LogP contribution in [0.25, 0.3) is 0 Å². The Bertz CT molecular complexity index is 528. The fraction of sp³-hybridized carbons (Fsp3) is 0.533. The van der Waals surface area contributed by atoms with Crippen molar-refractivity contribution in [1.29, 1.82) is 0 Å². The zero-order valence-electron chi connectivity index (χ0n) is 12.2. The summed E-state index contributed by atoms with van der Waals surface area (Å²) in [7, 11) is 0. The van der Waals surface area contributed by atoms with E-state index in [2.05, 4.69) is 15.4 Å². The molecule has 2 atom stereocenters. The molecule has 1 aromatic rings. The second-order valence-corrected chi connectivity index (χ2v) is 5.86. The van der Waals surface area contributed by atoms with Gasteiger partial charge in [-0.25, -0.2) is 0 Å². The van der Waals surface area contributed by atoms with Gasteiger partial charge in [0.25, 0.3) is 0 Å². The molecule has 0 bridgehead atoms. The molecule has 1 fully saturated rings. The lowest BCUT2D eigenvalue weighted by Crippen LogP contribution is -2.42. The zero-order valence-corrected chi connectivity index (χ0v) is 13.0. The van der Waals surface area contributed by atoms with Gasteiger partial charge in [0, 0.05) is 29.1 Å². The standard InChI is InChI=1S/C15H19ClF2N2O2/c1-9-6-10(4-5-19-9)14(21)20-8-11-7-12(16)2-3-13(11)22-15(17)18/h2-3,7,9-10,15,19H,4-6,8H2,1H3,(H,20,21)/t9-,10-/m0/s1. The number of rotatable bonds is 5. The molecule has 0 saturated carbocycles. The summed E-state index contributed by atoms with van der Waals surface area (Å²) in [5.74, 6) is -0.107. The molecule has 122 valence electrons. The van der Waals surface area contributed by atoms with Crippen molar-refractivity contribution in [1.82, 2.24) is 10.6 Å². The predicted octanol–water partition coefficient (Wildman–Crippen LogP) is 2.95. The molecular formula is C15H19ClF2N2O2. The minimum atomic E-state index is -2.92. The smallest absolute Gasteiger partial charge is 0.387 e. The van der Waals surface area contributed by atoms with Crippen LogP contribution in [0.4, 0.5) is 8.78 Å². The highest BCUT2D eigenvalue weighted by molar-refractivity contribution is 6.30. The molecule has 0 aliphatic carbocycles. The Morgan fingerprint density at radius 3 is 3.00 bits per heavy atom. The van der Waals surface area contributed by atoms with E-state index >= 15 is 0 Å². The van der Waals surface area contributed by atoms with E-state index in [1.54, 1.807) is 0 Å². The van der Waals surface area contributed by atoms with Crippen molar-refractivity contribution >= 4 is 17.5 Å². The molecule has 0 unspecified atom stereocenters. The molecule has 1 aliphatic heterocycles. The Balaban J connectivity index is 1.98. The van der Waals surface area contributed by atoms with Crippen LogP contribution < -0.4 is 15.4 Å². The average Bonchev–Trinajstić information content (AvgIpc) is 2.46. The summed E-state index contributed by atoms with van der Waals surface area (Å²) >= 11 is 5.87. The first kappa shape index (κ1) is 17.0. The highest BCUT2D eigenvalue weighted by Crippen LogP contribution is 2.25. The number of piperidine rings is 1. The Hall–Kier alpha value is -1.40. The molecule has 2 N–H and O–H groups in total. The third kappa shape index (κ3) is 4.81. The fourth-order valence-corrected chi connectivity index (χ4v) is 2.79. The zero-order chi connectivity index (χ0) is 16.1. The second-order valence-electron chi connectivity index (χ2n) is 5.42. The number of nitrogens with one attached hydrogen (secondary N) is 2. The van der Waals surface area contributed by atoms with Crippen molar-refractivity contribution in [2.75, 3.05) is 6.54 Å². The lowest BCUT2D eigenvalue weighted by molar-refractivity contribution is -0.126. The monoisotopic (exact) mass is 332 g/mol. The number of alkyl halides is 2. The largest absolute Gasteiger partial charge is 0.434 e. The summed E-state index contributed by atoms with van der Waals surface area (Å²) in [4.78, 5) is 12.2. The van der Waals surface area contributed by atoms with Gasteiger partial charge >= 0.3 is 6.61 Å². The topological polar surface area (TPSA) is 50.4 Å². The summed E-state index contributed by atoms with van der Waals surface area (Å²) in [5.41, 5.74) is 0.433. The van der Waals surface area contributed by atoms with Crippen molar-refractivity contribution in [3.63, 3.8) is 0 Å². The number of ether oxygens (including phenoxy) is 1. The van der Waals surface area contributed by atoms with E-state index in [9.17, 15) is 13.6 Å². The van der Waals surface area contributed by atoms with Crippen molar-refractivity contribution in [2.45, 2.75) is 39.0 Å². The molecule has 0 aromatic heterocycles. The lowest BCUT2D eigenvalue weighted by Gasteiger charge is -2.27. The van der Waals surface area contributed by atoms with E-state index in [1.807, 2.05) is 6.92 Å². The van der Waals surface area contributed by atoms with Gasteiger partial charge in [-0.3, -0.25) is 4.79 Å². The van der Waals surface area contributed by atoms with Crippen LogP contribution in [0.3, 0.4) is 0 Å². The van der Waals surface area contributed by atoms with Crippen LogP contribution in [0.1, 0.15) is 25.3 Å². The summed E-state index contributed by atoms with van der Waals surface area (Å²) in [6.07, 6.45) is 1.54. The molecule has 4 nitrogen and oxygen atoms in total. The number of hydrogen-bond acceptors (Lipinski definition) is 3. The number of benzene rings is 1. The molecule has 2 rings (SSSR count). The van der Waals surface area contributed by atoms with Crippen molar-refractivity contribution in [3.8, 4) is 5.75 Å². The maximum Gasteiger partial charge on any atom is 0.387 e. The van der Waals surface area contributed by atoms with Crippen molar-refractivity contribution < 1.29 is 18.3 Å². The Morgan fingerprint density at radius 1 is 1.55 bits per heavy atom. The average molecular weight is 333 g/mol. The van der Waals surface area contributed by atoms with Crippen LogP contribution in [0, 0.1) is 5.92 Å². The molecule has 1 heterocycles. The summed E-state index contributed by atoms with van der Waals surface area (Å²) < 4.78 is 29.2. The van der Waals surface area contributed by atoms with Gasteiger partial charge in [-0.2, -0.15) is 8.78 Å². The molecular weight excluding hydrogens is 314 g/mol. The maximum atomic E-state index is 12.4. The van der Waals surface area contributed by atoms with E-state index in [1.165, 1.54) is 18.2 Å². The van der Waals surface area contributed by atoms with Crippen LogP contribution in [0.2, 0.25) is 5.02 Å². The highest BCUT2D eigenvalue weighted by Gasteiger charge is 2.24. The molecule has 1 aromatic carbocycles. The minimum absolute atomic E-state index is 0.0263. The summed E-state index contributed by atoms with van der Waals surface area (Å²) in [5, 5.41) is 6.46. The van der Waals surface area contributed by atoms with Gasteiger partial charge in [0.15, 0.2) is 0 Å². The molecule has 1 amide bonds. The number of carbonyl (C=O) groups is 1. The van der Waals surface area contributed by atoms with Gasteiger partial charge in [-0.1, -0.05) is 11.6 Å². The molecule has 1 saturated heterocycles. The first-order valence-electron chi connectivity index (χ1n) is 7.20. The van der Waals surface area contributed by atoms with Crippen LogP contribution in [0.15, 0.2) is 18.2 Å². The minimum Gasteiger partial charge on any atom is -0.434 e. The van der Waals surface area contributed by atoms with Crippen LogP contribution in [-0.4, -0.2) is 25.1 Å². The number of halogens is 3. The molecule has 22 heavy (non-hydrogen) atoms. The highest BCUT2D eigenvalue weighted by atomic mass is 35.5. The number of hydrogen-bond donors (Lipinski definition) is 2. The lowest BCUT2D eigenvalue weighted by atomic mass is 9.92. The molecule has 1 aliphatic rings. The van der Waals surface area contributed by atoms with Crippen LogP contribution in [0.5, 0.6) is 5.75 Å². The van der Waals surface area contributed by atoms with Gasteiger partial charge in [0.1, 0.15) is 5.75 Å². The van der Waals surface area contributed by atoms with E-state index < -0.39 is 6.61 Å². The van der Waals surface area contributed by atoms with E-state index in [4.69, 9.17) is 11.6 Å². The van der Waals surface area contributed by atoms with E-state index in [0.29, 0.717) is 16.6 Å². The van der Waals surface area contributed by atoms with Crippen molar-refractivity contribution in [2.24, 2.45) is 5.92 Å². The van der Waals surface area contributed by atoms with Crippen LogP contribution in [-0.2, 0) is 11.3 Å². The molecule has 0 spiro atoms. The Labute approximate surface area is 133 Å². The second kappa shape index (κ2) is 7.74. The summed E-state index contributed by atoms with van der Waals surface area (Å²) in [6, 6.07) is 4.67. The van der Waals surface area contributed by atoms with Crippen LogP contribution >= 0.6 is 11.6 Å². The number of amides is 1. The third-order valence-corrected chi connectivity index (χ3v) is 3.92. The fourth-order valence-electron chi connectivity index (χ4n) is 2.59. The van der Waals surface area contributed by atoms with Gasteiger partial charge < -0.3 is 15.4 Å². The van der Waals surface area contributed by atoms with Gasteiger partial charge in [0.05, 0.1) is 0 Å². The molecule has 7 heteroatoms. The third-order valence-electron chi connectivity index (χ3n) is 3.69. The van der Waals surface area contributed by atoms with E-state index in [-0.39, 0.29) is 24.1 Å². The van der Waals surface area contributed by atoms with Gasteiger partial charge in [-0.05, 0) is 44.5 Å². The Kier molecular flexibility index (Phi) is 5.97. The van der Waals surface area contributed by atoms with Crippen molar-refractivity contribution in [3.05, 3.63) is 28.8 Å². The first-order chi connectivity index (χ1) is 10.5. The van der Waals surface area contributed by atoms with E-state index in [0.717, 1.165) is 19.4 Å². The summed E-state index contributed by atoms with van der Waals surface area (Å²) in [6.45, 7) is 0.0295. The normalized spacial score (nSPS) is 21.7. The Morgan fingerprint density at radius 2 is 2.32 bits per heavy atom. The quantitative estimate of drug-likeness (QED) is 0.871. The SMILES string of the molecule is C[C@H]1C[C@@H](C(=O)NCc2cc(Cl)ccc2OC(F)F)CCN1. The van der Waals surface area contributed by atoms with Gasteiger partial charge in [-0.15, -0.1) is 0 Å². The maximum absolute atomic E-state index is 12.4. The molecule has 0 radical (unpaired) electrons. The number of carbonyl (C=O) groups excluding carboxylic acids is 1.